The number of fused-ring (bicyclic) bond motifs is 3. The van der Waals surface area contributed by atoms with Crippen molar-refractivity contribution in [1.82, 2.24) is 0 Å². The SMILES string of the molecule is CC1=[C]([Ti+2](=[C](C(C)C)C(C)C)[c]2cccc3c2Cc2ccccc2-3)C(C)C=C1.[Cl-].[Cl-]. The molecule has 0 heterocycles. The molecule has 0 amide bonds. The summed E-state index contributed by atoms with van der Waals surface area (Å²) in [5.74, 6) is 1.87. The summed E-state index contributed by atoms with van der Waals surface area (Å²) in [6.45, 7) is 14.4. The van der Waals surface area contributed by atoms with Crippen molar-refractivity contribution in [2.45, 2.75) is 48.0 Å². The van der Waals surface area contributed by atoms with E-state index in [9.17, 15) is 0 Å². The zero-order valence-electron chi connectivity index (χ0n) is 18.9. The minimum Gasteiger partial charge on any atom is -1.00 e. The van der Waals surface area contributed by atoms with Crippen LogP contribution < -0.4 is 28.7 Å². The van der Waals surface area contributed by atoms with Crippen LogP contribution in [0.4, 0.5) is 0 Å². The Labute approximate surface area is 201 Å². The average Bonchev–Trinajstić information content (AvgIpc) is 3.19. The molecule has 0 nitrogen and oxygen atoms in total. The van der Waals surface area contributed by atoms with Crippen molar-refractivity contribution in [3.63, 3.8) is 0 Å². The average molecular weight is 475 g/mol. The number of rotatable bonds is 4. The van der Waals surface area contributed by atoms with Crippen LogP contribution in [0.2, 0.25) is 0 Å². The molecule has 0 saturated carbocycles. The maximum absolute atomic E-state index is 2.48. The Bertz CT molecular complexity index is 1010. The third-order valence-electron chi connectivity index (χ3n) is 6.44. The summed E-state index contributed by atoms with van der Waals surface area (Å²) < 4.78 is 5.33. The Balaban J connectivity index is 0.00000160. The second-order valence-electron chi connectivity index (χ2n) is 9.05. The van der Waals surface area contributed by atoms with E-state index in [4.69, 9.17) is 0 Å². The van der Waals surface area contributed by atoms with Gasteiger partial charge >= 0.3 is 177 Å². The first kappa shape index (κ1) is 25.3. The van der Waals surface area contributed by atoms with Gasteiger partial charge in [-0.3, -0.25) is 0 Å². The molecule has 158 valence electrons. The molecule has 0 bridgehead atoms. The van der Waals surface area contributed by atoms with Gasteiger partial charge in [-0.2, -0.15) is 0 Å². The Morgan fingerprint density at radius 3 is 2.13 bits per heavy atom. The topological polar surface area (TPSA) is 0 Å². The van der Waals surface area contributed by atoms with Crippen molar-refractivity contribution < 1.29 is 42.2 Å². The van der Waals surface area contributed by atoms with Gasteiger partial charge in [-0.15, -0.1) is 0 Å². The van der Waals surface area contributed by atoms with Crippen LogP contribution in [-0.2, 0) is 23.8 Å². The van der Waals surface area contributed by atoms with E-state index in [-0.39, 0.29) is 24.8 Å². The molecule has 0 saturated heterocycles. The number of halogens is 2. The summed E-state index contributed by atoms with van der Waals surface area (Å²) >= 11 is -1.80. The molecule has 2 aliphatic carbocycles. The fraction of sp³-hybridized carbons (Fsp3) is 0.370. The molecule has 1 atom stereocenters. The van der Waals surface area contributed by atoms with Gasteiger partial charge < -0.3 is 24.8 Å². The molecule has 0 N–H and O–H groups in total. The number of hydrogen-bond acceptors (Lipinski definition) is 0. The zero-order chi connectivity index (χ0) is 20.0. The molecule has 0 aliphatic heterocycles. The molecule has 0 aromatic heterocycles. The second-order valence-corrected chi connectivity index (χ2v) is 12.8. The van der Waals surface area contributed by atoms with Crippen LogP contribution in [0.1, 0.15) is 52.7 Å². The fourth-order valence-corrected chi connectivity index (χ4v) is 11.4. The van der Waals surface area contributed by atoms with Gasteiger partial charge in [0.1, 0.15) is 0 Å². The van der Waals surface area contributed by atoms with Gasteiger partial charge in [0.2, 0.25) is 0 Å². The summed E-state index contributed by atoms with van der Waals surface area (Å²) in [5, 5.41) is 0. The predicted octanol–water partition coefficient (Wildman–Crippen LogP) is 0.474. The van der Waals surface area contributed by atoms with Crippen molar-refractivity contribution in [2.24, 2.45) is 17.8 Å². The summed E-state index contributed by atoms with van der Waals surface area (Å²) in [6, 6.07) is 16.2. The van der Waals surface area contributed by atoms with E-state index in [1.807, 2.05) is 3.81 Å². The molecule has 2 aliphatic rings. The van der Waals surface area contributed by atoms with Gasteiger partial charge in [0.25, 0.3) is 0 Å². The van der Waals surface area contributed by atoms with E-state index in [1.54, 1.807) is 13.3 Å². The van der Waals surface area contributed by atoms with E-state index in [2.05, 4.69) is 96.2 Å². The first-order chi connectivity index (χ1) is 13.4. The molecule has 3 heteroatoms. The quantitative estimate of drug-likeness (QED) is 0.482. The monoisotopic (exact) mass is 474 g/mol. The van der Waals surface area contributed by atoms with Crippen LogP contribution >= 0.6 is 0 Å². The van der Waals surface area contributed by atoms with E-state index < -0.39 is 17.4 Å². The molecule has 0 fully saturated rings. The smallest absolute Gasteiger partial charge is 1.00 e. The van der Waals surface area contributed by atoms with E-state index in [1.165, 1.54) is 22.3 Å². The largest absolute Gasteiger partial charge is 1.00 e. The summed E-state index contributed by atoms with van der Waals surface area (Å²) in [4.78, 5) is 0. The Kier molecular flexibility index (Phi) is 8.56. The molecule has 30 heavy (non-hydrogen) atoms. The van der Waals surface area contributed by atoms with Crippen LogP contribution in [0.25, 0.3) is 11.1 Å². The van der Waals surface area contributed by atoms with E-state index in [0.29, 0.717) is 17.8 Å². The molecular weight excluding hydrogens is 443 g/mol. The maximum Gasteiger partial charge on any atom is -1.00 e. The van der Waals surface area contributed by atoms with Gasteiger partial charge in [-0.05, 0) is 0 Å². The van der Waals surface area contributed by atoms with Crippen molar-refractivity contribution in [2.75, 3.05) is 0 Å². The van der Waals surface area contributed by atoms with Crippen molar-refractivity contribution in [3.8, 4) is 11.1 Å². The number of allylic oxidation sites excluding steroid dienone is 4. The first-order valence-corrected chi connectivity index (χ1v) is 13.1. The van der Waals surface area contributed by atoms with E-state index >= 15 is 0 Å². The summed E-state index contributed by atoms with van der Waals surface area (Å²) in [5.41, 5.74) is 7.60. The second kappa shape index (κ2) is 10.1. The summed E-state index contributed by atoms with van der Waals surface area (Å²) in [6.07, 6.45) is 5.91. The van der Waals surface area contributed by atoms with Gasteiger partial charge in [-0.25, -0.2) is 0 Å². The van der Waals surface area contributed by atoms with Crippen molar-refractivity contribution >= 4 is 7.68 Å². The van der Waals surface area contributed by atoms with Gasteiger partial charge in [-0.1, -0.05) is 0 Å². The Hall–Kier alpha value is -0.916. The molecule has 2 aromatic rings. The minimum atomic E-state index is -1.80. The van der Waals surface area contributed by atoms with Gasteiger partial charge in [0.05, 0.1) is 0 Å². The predicted molar refractivity (Wildman–Crippen MR) is 120 cm³/mol. The number of benzene rings is 2. The van der Waals surface area contributed by atoms with E-state index in [0.717, 1.165) is 6.42 Å². The maximum atomic E-state index is 2.48. The van der Waals surface area contributed by atoms with Crippen molar-refractivity contribution in [1.29, 1.82) is 0 Å². The molecular formula is C27H32Cl2Ti. The van der Waals surface area contributed by atoms with Gasteiger partial charge in [0, 0.05) is 0 Å². The molecule has 0 spiro atoms. The Morgan fingerprint density at radius 1 is 0.900 bits per heavy atom. The number of hydrogen-bond donors (Lipinski definition) is 0. The van der Waals surface area contributed by atoms with Crippen LogP contribution in [0.3, 0.4) is 0 Å². The van der Waals surface area contributed by atoms with Crippen LogP contribution in [0.5, 0.6) is 0 Å². The standard InChI is InChI=1S/C13H9.C7H9.C7H14.2ClH.Ti/c1-3-7-12-10(5-1)9-11-6-2-4-8-13(11)12;1-6-3-4-7(2)5-6;1-6(2)5-7(3)4;;;/h1-5,7-8H,9H2;3-4,6H,1-2H3;6-7H,1-4H3;2*1H;/q;;;;;+2/p-2. The normalized spacial score (nSPS) is 16.0. The molecule has 1 unspecified atom stereocenters. The molecule has 0 radical (unpaired) electrons. The Morgan fingerprint density at radius 2 is 1.53 bits per heavy atom. The van der Waals surface area contributed by atoms with Gasteiger partial charge in [0.15, 0.2) is 0 Å². The zero-order valence-corrected chi connectivity index (χ0v) is 22.0. The molecule has 2 aromatic carbocycles. The van der Waals surface area contributed by atoms with Crippen LogP contribution in [-0.4, -0.2) is 3.81 Å². The summed E-state index contributed by atoms with van der Waals surface area (Å²) in [7, 11) is 0. The fourth-order valence-electron chi connectivity index (χ4n) is 5.35. The molecule has 4 rings (SSSR count). The first-order valence-electron chi connectivity index (χ1n) is 10.7. The third kappa shape index (κ3) is 4.35. The van der Waals surface area contributed by atoms with Crippen LogP contribution in [0, 0.1) is 17.8 Å². The van der Waals surface area contributed by atoms with Crippen molar-refractivity contribution in [3.05, 3.63) is 75.2 Å². The van der Waals surface area contributed by atoms with Crippen LogP contribution in [0.15, 0.2) is 64.1 Å². The third-order valence-corrected chi connectivity index (χ3v) is 12.9. The minimum absolute atomic E-state index is 0.